The zero-order valence-electron chi connectivity index (χ0n) is 9.22. The molecule has 1 aromatic carbocycles. The van der Waals surface area contributed by atoms with Gasteiger partial charge in [-0.3, -0.25) is 10.2 Å². The lowest BCUT2D eigenvalue weighted by atomic mass is 10.0. The Hall–Kier alpha value is -1.27. The molecule has 1 N–H and O–H groups in total. The van der Waals surface area contributed by atoms with Crippen LogP contribution in [-0.4, -0.2) is 16.8 Å². The molecule has 3 nitrogen and oxygen atoms in total. The van der Waals surface area contributed by atoms with Gasteiger partial charge in [-0.05, 0) is 17.2 Å². The summed E-state index contributed by atoms with van der Waals surface area (Å²) in [5.74, 6) is -0.656. The van der Waals surface area contributed by atoms with Crippen molar-refractivity contribution in [2.45, 2.75) is 19.3 Å². The van der Waals surface area contributed by atoms with Crippen molar-refractivity contribution in [2.75, 3.05) is 5.88 Å². The molecule has 0 atom stereocenters. The van der Waals surface area contributed by atoms with Gasteiger partial charge in [-0.25, -0.2) is 5.01 Å². The second-order valence-electron chi connectivity index (χ2n) is 3.97. The number of nitrogens with one attached hydrogen (secondary N) is 1. The molecule has 0 spiro atoms. The van der Waals surface area contributed by atoms with Crippen LogP contribution in [0.15, 0.2) is 18.2 Å². The maximum Gasteiger partial charge on any atom is 0.416 e. The first-order valence-electron chi connectivity index (χ1n) is 5.20. The number of fused-ring (bicyclic) bond motifs is 1. The number of hydrogen-bond donors (Lipinski definition) is 1. The molecular formula is C11H10ClF3N2O. The Labute approximate surface area is 106 Å². The Kier molecular flexibility index (Phi) is 3.49. The van der Waals surface area contributed by atoms with Crippen molar-refractivity contribution in [1.82, 2.24) is 10.4 Å². The first-order valence-corrected chi connectivity index (χ1v) is 5.73. The van der Waals surface area contributed by atoms with Crippen LogP contribution in [0.1, 0.15) is 16.7 Å². The molecule has 0 fully saturated rings. The lowest BCUT2D eigenvalue weighted by Crippen LogP contribution is -2.39. The van der Waals surface area contributed by atoms with Crippen LogP contribution in [-0.2, 0) is 24.1 Å². The molecule has 1 aliphatic rings. The third kappa shape index (κ3) is 2.59. The first-order chi connectivity index (χ1) is 8.41. The highest BCUT2D eigenvalue weighted by Gasteiger charge is 2.36. The Morgan fingerprint density at radius 1 is 1.39 bits per heavy atom. The SMILES string of the molecule is O=C(CCl)NN1Cc2cccc(C(F)(F)F)c2C1. The smallest absolute Gasteiger partial charge is 0.287 e. The average molecular weight is 279 g/mol. The van der Waals surface area contributed by atoms with Crippen molar-refractivity contribution in [3.05, 3.63) is 34.9 Å². The summed E-state index contributed by atoms with van der Waals surface area (Å²) >= 11 is 5.33. The second-order valence-corrected chi connectivity index (χ2v) is 4.23. The quantitative estimate of drug-likeness (QED) is 0.842. The molecule has 7 heteroatoms. The van der Waals surface area contributed by atoms with Crippen LogP contribution in [0.4, 0.5) is 13.2 Å². The highest BCUT2D eigenvalue weighted by Crippen LogP contribution is 2.36. The molecule has 2 rings (SSSR count). The van der Waals surface area contributed by atoms with Crippen molar-refractivity contribution in [1.29, 1.82) is 0 Å². The van der Waals surface area contributed by atoms with E-state index in [9.17, 15) is 18.0 Å². The highest BCUT2D eigenvalue weighted by molar-refractivity contribution is 6.27. The lowest BCUT2D eigenvalue weighted by molar-refractivity contribution is -0.138. The largest absolute Gasteiger partial charge is 0.416 e. The number of rotatable bonds is 2. The van der Waals surface area contributed by atoms with Gasteiger partial charge in [-0.15, -0.1) is 11.6 Å². The van der Waals surface area contributed by atoms with Gasteiger partial charge in [-0.1, -0.05) is 12.1 Å². The van der Waals surface area contributed by atoms with Crippen LogP contribution in [0.25, 0.3) is 0 Å². The van der Waals surface area contributed by atoms with Gasteiger partial charge in [0.1, 0.15) is 5.88 Å². The van der Waals surface area contributed by atoms with Crippen molar-refractivity contribution < 1.29 is 18.0 Å². The predicted molar refractivity (Wildman–Crippen MR) is 59.6 cm³/mol. The fourth-order valence-electron chi connectivity index (χ4n) is 1.97. The van der Waals surface area contributed by atoms with Gasteiger partial charge in [-0.2, -0.15) is 13.2 Å². The van der Waals surface area contributed by atoms with E-state index in [1.54, 1.807) is 6.07 Å². The number of amides is 1. The fourth-order valence-corrected chi connectivity index (χ4v) is 2.03. The van der Waals surface area contributed by atoms with Gasteiger partial charge in [0.05, 0.1) is 5.56 Å². The number of carbonyl (C=O) groups is 1. The van der Waals surface area contributed by atoms with E-state index < -0.39 is 17.6 Å². The van der Waals surface area contributed by atoms with Crippen LogP contribution in [0, 0.1) is 0 Å². The van der Waals surface area contributed by atoms with Crippen molar-refractivity contribution >= 4 is 17.5 Å². The van der Waals surface area contributed by atoms with Crippen LogP contribution >= 0.6 is 11.6 Å². The molecule has 0 aromatic heterocycles. The van der Waals surface area contributed by atoms with E-state index in [1.165, 1.54) is 11.1 Å². The molecule has 1 amide bonds. The third-order valence-corrected chi connectivity index (χ3v) is 2.94. The number of halogens is 4. The summed E-state index contributed by atoms with van der Waals surface area (Å²) in [6.07, 6.45) is -4.38. The van der Waals surface area contributed by atoms with E-state index in [-0.39, 0.29) is 24.5 Å². The predicted octanol–water partition coefficient (Wildman–Crippen LogP) is 2.29. The molecule has 0 radical (unpaired) electrons. The molecule has 98 valence electrons. The van der Waals surface area contributed by atoms with Crippen molar-refractivity contribution in [3.8, 4) is 0 Å². The minimum Gasteiger partial charge on any atom is -0.287 e. The highest BCUT2D eigenvalue weighted by atomic mass is 35.5. The molecule has 0 aliphatic carbocycles. The van der Waals surface area contributed by atoms with Gasteiger partial charge in [0, 0.05) is 13.1 Å². The average Bonchev–Trinajstić information content (AvgIpc) is 2.68. The molecule has 0 saturated carbocycles. The van der Waals surface area contributed by atoms with Crippen LogP contribution in [0.2, 0.25) is 0 Å². The van der Waals surface area contributed by atoms with E-state index in [0.717, 1.165) is 6.07 Å². The number of hydrogen-bond acceptors (Lipinski definition) is 2. The summed E-state index contributed by atoms with van der Waals surface area (Å²) < 4.78 is 38.3. The molecule has 0 saturated heterocycles. The molecule has 0 unspecified atom stereocenters. The van der Waals surface area contributed by atoms with E-state index in [0.29, 0.717) is 5.56 Å². The lowest BCUT2D eigenvalue weighted by Gasteiger charge is -2.15. The molecule has 0 bridgehead atoms. The Bertz CT molecular complexity index is 476. The number of hydrazine groups is 1. The summed E-state index contributed by atoms with van der Waals surface area (Å²) in [5, 5.41) is 1.42. The molecule has 18 heavy (non-hydrogen) atoms. The zero-order valence-corrected chi connectivity index (χ0v) is 9.98. The normalized spacial score (nSPS) is 15.6. The summed E-state index contributed by atoms with van der Waals surface area (Å²) in [5.41, 5.74) is 2.58. The summed E-state index contributed by atoms with van der Waals surface area (Å²) in [6, 6.07) is 4.04. The number of carbonyl (C=O) groups excluding carboxylic acids is 1. The van der Waals surface area contributed by atoms with Gasteiger partial charge >= 0.3 is 6.18 Å². The summed E-state index contributed by atoms with van der Waals surface area (Å²) in [4.78, 5) is 11.1. The standard InChI is InChI=1S/C11H10ClF3N2O/c12-4-10(18)16-17-5-7-2-1-3-9(8(7)6-17)11(13,14)15/h1-3H,4-6H2,(H,16,18). The van der Waals surface area contributed by atoms with E-state index >= 15 is 0 Å². The summed E-state index contributed by atoms with van der Waals surface area (Å²) in [6.45, 7) is 0.287. The van der Waals surface area contributed by atoms with Crippen LogP contribution in [0.5, 0.6) is 0 Å². The topological polar surface area (TPSA) is 32.3 Å². The van der Waals surface area contributed by atoms with Crippen molar-refractivity contribution in [3.63, 3.8) is 0 Å². The fraction of sp³-hybridized carbons (Fsp3) is 0.364. The van der Waals surface area contributed by atoms with Gasteiger partial charge < -0.3 is 0 Å². The maximum atomic E-state index is 12.8. The maximum absolute atomic E-state index is 12.8. The van der Waals surface area contributed by atoms with Crippen LogP contribution in [0.3, 0.4) is 0 Å². The number of nitrogens with zero attached hydrogens (tertiary/aromatic N) is 1. The van der Waals surface area contributed by atoms with Crippen molar-refractivity contribution in [2.24, 2.45) is 0 Å². The number of alkyl halides is 4. The summed E-state index contributed by atoms with van der Waals surface area (Å²) in [7, 11) is 0. The minimum atomic E-state index is -4.38. The molecule has 1 heterocycles. The molecule has 1 aliphatic heterocycles. The number of benzene rings is 1. The third-order valence-electron chi connectivity index (χ3n) is 2.69. The first kappa shape index (κ1) is 13.2. The van der Waals surface area contributed by atoms with Gasteiger partial charge in [0.25, 0.3) is 0 Å². The second kappa shape index (κ2) is 4.78. The monoisotopic (exact) mass is 278 g/mol. The van der Waals surface area contributed by atoms with E-state index in [4.69, 9.17) is 11.6 Å². The van der Waals surface area contributed by atoms with Gasteiger partial charge in [0.15, 0.2) is 0 Å². The Morgan fingerprint density at radius 2 is 2.11 bits per heavy atom. The zero-order chi connectivity index (χ0) is 13.3. The minimum absolute atomic E-state index is 0.0354. The van der Waals surface area contributed by atoms with E-state index in [1.807, 2.05) is 0 Å². The van der Waals surface area contributed by atoms with E-state index in [2.05, 4.69) is 5.43 Å². The Balaban J connectivity index is 2.22. The molecular weight excluding hydrogens is 269 g/mol. The molecule has 1 aromatic rings. The Morgan fingerprint density at radius 3 is 2.72 bits per heavy atom. The van der Waals surface area contributed by atoms with Gasteiger partial charge in [0.2, 0.25) is 5.91 Å². The van der Waals surface area contributed by atoms with Crippen LogP contribution < -0.4 is 5.43 Å².